The molecule has 3 saturated heterocycles. The number of carbonyl (C=O) groups is 8. The topological polar surface area (TPSA) is 281 Å². The average Bonchev–Trinajstić information content (AvgIpc) is 1.59. The largest absolute Gasteiger partial charge is 0.358 e. The van der Waals surface area contributed by atoms with E-state index in [9.17, 15) is 55.9 Å². The van der Waals surface area contributed by atoms with Crippen molar-refractivity contribution in [2.75, 3.05) is 80.7 Å². The summed E-state index contributed by atoms with van der Waals surface area (Å²) in [5.74, 6) is -2.72. The zero-order chi connectivity index (χ0) is 90.7. The Bertz CT molecular complexity index is 6220. The third-order valence-electron chi connectivity index (χ3n) is 21.4. The number of rotatable bonds is 24. The van der Waals surface area contributed by atoms with Crippen LogP contribution in [0.5, 0.6) is 0 Å². The molecule has 128 heavy (non-hydrogen) atoms. The molecule has 4 heterocycles. The summed E-state index contributed by atoms with van der Waals surface area (Å²) >= 11 is 23.5. The number of nitrogens with one attached hydrogen (secondary N) is 7. The fourth-order valence-electron chi connectivity index (χ4n) is 14.1. The van der Waals surface area contributed by atoms with Crippen LogP contribution in [0.2, 0.25) is 20.1 Å². The SMILES string of the molecule is CN1CCN=C1c1ccc(C(=O)Cc2ccc(F)cc2C(=O)Nc2ccc(Cl)cc2)cc1.N=C(c1ccc(C(=O)Cc2ccc(F)cc2C(=O)Nc2ccc(Cl)cc2)cc1)N1CC1.N=C(c1ccc(C(=O)Cc2ccc(F)cc2C(=O)Nc2ccc(Cl)cc2)cc1)N1CCC1.N=C(c1ccc(C(=O)Cc2ccc(F)cc2C(=O)Nc2ccc(Cl)cc2)cc1)N1CCCC1. The molecule has 0 atom stereocenters. The first kappa shape index (κ1) is 91.7. The molecule has 0 saturated carbocycles. The Kier molecular flexibility index (Phi) is 30.6. The van der Waals surface area contributed by atoms with Gasteiger partial charge in [0, 0.05) is 188 Å². The van der Waals surface area contributed by atoms with Gasteiger partial charge in [-0.25, -0.2) is 17.6 Å². The number of anilines is 4. The second-order valence-electron chi connectivity index (χ2n) is 30.5. The van der Waals surface area contributed by atoms with Crippen LogP contribution in [0, 0.1) is 39.5 Å². The highest BCUT2D eigenvalue weighted by Gasteiger charge is 2.27. The third-order valence-corrected chi connectivity index (χ3v) is 22.4. The minimum absolute atomic E-state index is 0.0240. The van der Waals surface area contributed by atoms with E-state index in [1.807, 2.05) is 33.9 Å². The second-order valence-corrected chi connectivity index (χ2v) is 32.2. The number of amides is 4. The summed E-state index contributed by atoms with van der Waals surface area (Å²) in [6.45, 7) is 6.92. The molecular formula is C100H84Cl4F4N12O8. The van der Waals surface area contributed by atoms with Crippen molar-refractivity contribution in [1.29, 1.82) is 16.2 Å². The Morgan fingerprint density at radius 3 is 0.766 bits per heavy atom. The molecule has 4 aliphatic rings. The number of aliphatic imine (C=N–C) groups is 1. The zero-order valence-corrected chi connectivity index (χ0v) is 72.1. The average molecular weight is 1800 g/mol. The third kappa shape index (κ3) is 24.8. The fraction of sp³-hybridized carbons (Fsp3) is 0.160. The molecule has 3 fully saturated rings. The summed E-state index contributed by atoms with van der Waals surface area (Å²) in [6.07, 6.45) is 3.09. The van der Waals surface area contributed by atoms with E-state index in [1.54, 1.807) is 182 Å². The number of benzene rings is 12. The number of hydrogen-bond acceptors (Lipinski definition) is 13. The summed E-state index contributed by atoms with van der Waals surface area (Å²) in [7, 11) is 1.98. The first-order valence-corrected chi connectivity index (χ1v) is 42.4. The number of likely N-dealkylation sites (N-methyl/N-ethyl adjacent to an activating group) is 1. The lowest BCUT2D eigenvalue weighted by Gasteiger charge is -2.33. The maximum atomic E-state index is 13.9. The fourth-order valence-corrected chi connectivity index (χ4v) is 14.6. The smallest absolute Gasteiger partial charge is 0.256 e. The van der Waals surface area contributed by atoms with Crippen molar-refractivity contribution in [3.05, 3.63) is 399 Å². The molecule has 0 spiro atoms. The number of halogens is 8. The molecule has 7 N–H and O–H groups in total. The zero-order valence-electron chi connectivity index (χ0n) is 69.0. The molecule has 16 rings (SSSR count). The van der Waals surface area contributed by atoms with E-state index in [4.69, 9.17) is 62.6 Å². The Hall–Kier alpha value is -14.0. The van der Waals surface area contributed by atoms with Crippen LogP contribution in [-0.2, 0) is 25.7 Å². The molecule has 0 bridgehead atoms. The highest BCUT2D eigenvalue weighted by atomic mass is 35.5. The van der Waals surface area contributed by atoms with E-state index < -0.39 is 46.9 Å². The number of amidine groups is 4. The second kappa shape index (κ2) is 42.8. The van der Waals surface area contributed by atoms with E-state index in [0.29, 0.717) is 105 Å². The van der Waals surface area contributed by atoms with Gasteiger partial charge < -0.3 is 40.9 Å². The summed E-state index contributed by atoms with van der Waals surface area (Å²) in [5.41, 5.74) is 9.38. The van der Waals surface area contributed by atoms with Crippen molar-refractivity contribution in [1.82, 2.24) is 19.6 Å². The van der Waals surface area contributed by atoms with Gasteiger partial charge in [0.2, 0.25) is 0 Å². The number of nitrogens with zero attached hydrogens (tertiary/aromatic N) is 5. The van der Waals surface area contributed by atoms with Gasteiger partial charge in [0.1, 0.15) is 46.6 Å². The Morgan fingerprint density at radius 1 is 0.305 bits per heavy atom. The van der Waals surface area contributed by atoms with Crippen molar-refractivity contribution in [2.45, 2.75) is 44.9 Å². The molecule has 12 aromatic carbocycles. The van der Waals surface area contributed by atoms with Crippen LogP contribution in [0.25, 0.3) is 0 Å². The summed E-state index contributed by atoms with van der Waals surface area (Å²) in [4.78, 5) is 115. The molecule has 20 nitrogen and oxygen atoms in total. The van der Waals surface area contributed by atoms with Gasteiger partial charge >= 0.3 is 0 Å². The number of Topliss-reactive ketones (excluding diaryl/α,β-unsaturated/α-hetero) is 4. The van der Waals surface area contributed by atoms with E-state index >= 15 is 0 Å². The highest BCUT2D eigenvalue weighted by molar-refractivity contribution is 6.32. The number of ketones is 4. The van der Waals surface area contributed by atoms with Crippen molar-refractivity contribution < 1.29 is 55.9 Å². The van der Waals surface area contributed by atoms with E-state index in [-0.39, 0.29) is 71.1 Å². The Balaban J connectivity index is 0.000000146. The van der Waals surface area contributed by atoms with Gasteiger partial charge in [0.25, 0.3) is 23.6 Å². The van der Waals surface area contributed by atoms with Gasteiger partial charge in [-0.3, -0.25) is 59.6 Å². The molecule has 0 aromatic heterocycles. The van der Waals surface area contributed by atoms with Crippen molar-refractivity contribution in [3.8, 4) is 0 Å². The van der Waals surface area contributed by atoms with Crippen LogP contribution in [0.1, 0.15) is 147 Å². The molecule has 28 heteroatoms. The van der Waals surface area contributed by atoms with Crippen molar-refractivity contribution in [2.24, 2.45) is 4.99 Å². The van der Waals surface area contributed by atoms with Gasteiger partial charge in [-0.2, -0.15) is 0 Å². The number of carbonyl (C=O) groups excluding carboxylic acids is 8. The lowest BCUT2D eigenvalue weighted by molar-refractivity contribution is 0.0980. The molecular weight excluding hydrogens is 1710 g/mol. The van der Waals surface area contributed by atoms with E-state index in [2.05, 4.69) is 31.2 Å². The van der Waals surface area contributed by atoms with Crippen LogP contribution < -0.4 is 21.3 Å². The summed E-state index contributed by atoms with van der Waals surface area (Å²) in [6, 6.07) is 69.5. The minimum atomic E-state index is -0.560. The van der Waals surface area contributed by atoms with Crippen LogP contribution >= 0.6 is 46.4 Å². The first-order chi connectivity index (χ1) is 61.6. The number of hydrogen-bond donors (Lipinski definition) is 7. The van der Waals surface area contributed by atoms with Gasteiger partial charge in [-0.05, 0) is 187 Å². The predicted octanol–water partition coefficient (Wildman–Crippen LogP) is 20.4. The highest BCUT2D eigenvalue weighted by Crippen LogP contribution is 2.28. The van der Waals surface area contributed by atoms with Gasteiger partial charge in [0.15, 0.2) is 23.1 Å². The lowest BCUT2D eigenvalue weighted by Crippen LogP contribution is -2.42. The first-order valence-electron chi connectivity index (χ1n) is 40.8. The van der Waals surface area contributed by atoms with Gasteiger partial charge in [-0.1, -0.05) is 168 Å². The van der Waals surface area contributed by atoms with Crippen LogP contribution in [-0.4, -0.2) is 149 Å². The molecule has 4 amide bonds. The normalized spacial score (nSPS) is 12.8. The summed E-state index contributed by atoms with van der Waals surface area (Å²) in [5, 5.41) is 37.6. The molecule has 0 aliphatic carbocycles. The van der Waals surface area contributed by atoms with Crippen molar-refractivity contribution >= 4 is 139 Å². The standard InChI is InChI=1S/C26H23ClFN3O2.2C25H21ClFN3O2.C24H19ClFN3O2/c27-20-8-11-22(12-9-20)30-26(33)23-16-21(28)10-7-19(23)15-24(32)17-3-5-18(6-4-17)25(29)31-13-1-2-14-31;1-30-13-12-28-24(30)17-4-2-16(3-5-17)23(31)14-18-6-9-20(27)15-22(18)25(32)29-21-10-7-19(26)8-11-21;26-19-7-10-21(11-8-19)29-25(32)22-15-20(27)9-6-18(22)14-23(31)16-2-4-17(5-3-16)24(28)30-12-1-13-30;25-18-6-9-20(10-7-18)28-24(31)21-14-19(26)8-5-17(21)13-22(30)15-1-3-16(4-2-15)23(27)29-11-12-29/h3-12,16,29H,1-2,13-15H2,(H,30,33);2-11,15H,12-14H2,1H3,(H,29,32);2-11,15,28H,1,12-14H2,(H,29,32);1-10,14,27H,11-13H2,(H,28,31). The van der Waals surface area contributed by atoms with E-state index in [0.717, 1.165) is 124 Å². The van der Waals surface area contributed by atoms with Gasteiger partial charge in [0.05, 0.1) is 6.54 Å². The Morgan fingerprint density at radius 2 is 0.539 bits per heavy atom. The van der Waals surface area contributed by atoms with Crippen LogP contribution in [0.3, 0.4) is 0 Å². The van der Waals surface area contributed by atoms with Crippen molar-refractivity contribution in [3.63, 3.8) is 0 Å². The van der Waals surface area contributed by atoms with E-state index in [1.165, 1.54) is 48.5 Å². The quantitative estimate of drug-likeness (QED) is 0.00978. The molecule has 12 aromatic rings. The molecule has 648 valence electrons. The monoisotopic (exact) mass is 1800 g/mol. The lowest BCUT2D eigenvalue weighted by atomic mass is 9.97. The minimum Gasteiger partial charge on any atom is -0.358 e. The van der Waals surface area contributed by atoms with Gasteiger partial charge in [-0.15, -0.1) is 0 Å². The van der Waals surface area contributed by atoms with Crippen LogP contribution in [0.4, 0.5) is 40.3 Å². The molecule has 0 unspecified atom stereocenters. The maximum absolute atomic E-state index is 13.9. The van der Waals surface area contributed by atoms with Crippen LogP contribution in [0.15, 0.2) is 272 Å². The molecule has 0 radical (unpaired) electrons. The summed E-state index contributed by atoms with van der Waals surface area (Å²) < 4.78 is 55.5. The predicted molar refractivity (Wildman–Crippen MR) is 494 cm³/mol. The Labute approximate surface area is 756 Å². The molecule has 4 aliphatic heterocycles. The maximum Gasteiger partial charge on any atom is 0.256 e. The number of likely N-dealkylation sites (tertiary alicyclic amines) is 2.